The maximum absolute atomic E-state index is 9.93. The Labute approximate surface area is 107 Å². The molecule has 0 aliphatic carbocycles. The van der Waals surface area contributed by atoms with Crippen LogP contribution in [0, 0.1) is 0 Å². The van der Waals surface area contributed by atoms with Crippen molar-refractivity contribution in [2.75, 3.05) is 13.1 Å². The number of nitrogens with two attached hydrogens (primary N) is 1. The van der Waals surface area contributed by atoms with Gasteiger partial charge in [-0.15, -0.1) is 0 Å². The van der Waals surface area contributed by atoms with Gasteiger partial charge in [0, 0.05) is 17.7 Å². The molecular weight excluding hydrogens is 224 g/mol. The lowest BCUT2D eigenvalue weighted by Crippen LogP contribution is -2.09. The van der Waals surface area contributed by atoms with Gasteiger partial charge in [-0.05, 0) is 12.1 Å². The molecule has 0 aliphatic rings. The van der Waals surface area contributed by atoms with Crippen molar-refractivity contribution < 1.29 is 5.11 Å². The lowest BCUT2D eigenvalue weighted by Gasteiger charge is -2.09. The first-order valence-electron chi connectivity index (χ1n) is 5.91. The van der Waals surface area contributed by atoms with Crippen molar-refractivity contribution in [3.05, 3.63) is 65.7 Å². The summed E-state index contributed by atoms with van der Waals surface area (Å²) in [5, 5.41) is 9.93. The fourth-order valence-electron chi connectivity index (χ4n) is 1.78. The molecule has 0 bridgehead atoms. The molecule has 2 aromatic rings. The highest BCUT2D eigenvalue weighted by molar-refractivity contribution is 6.14. The number of rotatable bonds is 4. The van der Waals surface area contributed by atoms with Crippen molar-refractivity contribution in [2.24, 2.45) is 10.7 Å². The summed E-state index contributed by atoms with van der Waals surface area (Å²) >= 11 is 0. The molecule has 0 amide bonds. The number of nitrogens with zero attached hydrogens (tertiary/aromatic N) is 1. The summed E-state index contributed by atoms with van der Waals surface area (Å²) in [5.41, 5.74) is 7.99. The van der Waals surface area contributed by atoms with Crippen LogP contribution in [0.5, 0.6) is 5.75 Å². The van der Waals surface area contributed by atoms with Crippen LogP contribution in [-0.4, -0.2) is 23.9 Å². The van der Waals surface area contributed by atoms with Crippen LogP contribution in [0.25, 0.3) is 0 Å². The molecule has 0 atom stereocenters. The van der Waals surface area contributed by atoms with E-state index in [9.17, 15) is 5.11 Å². The average Bonchev–Trinajstić information content (AvgIpc) is 2.42. The maximum Gasteiger partial charge on any atom is 0.124 e. The van der Waals surface area contributed by atoms with Gasteiger partial charge >= 0.3 is 0 Å². The molecule has 0 saturated carbocycles. The molecule has 0 saturated heterocycles. The lowest BCUT2D eigenvalue weighted by molar-refractivity contribution is 0.474. The van der Waals surface area contributed by atoms with Crippen LogP contribution in [0.1, 0.15) is 11.1 Å². The molecule has 2 aromatic carbocycles. The van der Waals surface area contributed by atoms with Gasteiger partial charge in [-0.3, -0.25) is 4.99 Å². The molecule has 3 heteroatoms. The minimum Gasteiger partial charge on any atom is -0.507 e. The Morgan fingerprint density at radius 1 is 1.00 bits per heavy atom. The predicted molar refractivity (Wildman–Crippen MR) is 74.1 cm³/mol. The van der Waals surface area contributed by atoms with Crippen LogP contribution in [0.3, 0.4) is 0 Å². The van der Waals surface area contributed by atoms with Crippen LogP contribution in [0.4, 0.5) is 0 Å². The molecule has 92 valence electrons. The first-order valence-corrected chi connectivity index (χ1v) is 5.91. The number of aliphatic imine (C=N–C) groups is 1. The second-order valence-electron chi connectivity index (χ2n) is 3.90. The summed E-state index contributed by atoms with van der Waals surface area (Å²) < 4.78 is 0. The van der Waals surface area contributed by atoms with E-state index in [1.807, 2.05) is 42.5 Å². The lowest BCUT2D eigenvalue weighted by atomic mass is 10.0. The molecule has 0 spiro atoms. The number of phenolic OH excluding ortho intramolecular Hbond substituents is 1. The zero-order chi connectivity index (χ0) is 12.8. The zero-order valence-corrected chi connectivity index (χ0v) is 10.1. The van der Waals surface area contributed by atoms with Gasteiger partial charge in [-0.2, -0.15) is 0 Å². The standard InChI is InChI=1S/C15H16N2O/c16-10-11-17-15(12-6-2-1-3-7-12)13-8-4-5-9-14(13)18/h1-9,18H,10-11,16H2. The topological polar surface area (TPSA) is 58.6 Å². The molecule has 18 heavy (non-hydrogen) atoms. The number of aromatic hydroxyl groups is 1. The summed E-state index contributed by atoms with van der Waals surface area (Å²) in [7, 11) is 0. The van der Waals surface area contributed by atoms with E-state index in [-0.39, 0.29) is 5.75 Å². The summed E-state index contributed by atoms with van der Waals surface area (Å²) in [6, 6.07) is 17.0. The number of phenols is 1. The second kappa shape index (κ2) is 5.98. The monoisotopic (exact) mass is 240 g/mol. The quantitative estimate of drug-likeness (QED) is 0.805. The second-order valence-corrected chi connectivity index (χ2v) is 3.90. The normalized spacial score (nSPS) is 11.5. The Balaban J connectivity index is 2.48. The summed E-state index contributed by atoms with van der Waals surface area (Å²) in [5.74, 6) is 0.233. The number of benzene rings is 2. The van der Waals surface area contributed by atoms with Gasteiger partial charge in [0.1, 0.15) is 5.75 Å². The predicted octanol–water partition coefficient (Wildman–Crippen LogP) is 2.19. The van der Waals surface area contributed by atoms with Crippen molar-refractivity contribution in [2.45, 2.75) is 0 Å². The SMILES string of the molecule is NCCN=C(c1ccccc1)c1ccccc1O. The van der Waals surface area contributed by atoms with Crippen LogP contribution >= 0.6 is 0 Å². The molecule has 0 aliphatic heterocycles. The summed E-state index contributed by atoms with van der Waals surface area (Å²) in [6.45, 7) is 1.03. The van der Waals surface area contributed by atoms with Crippen molar-refractivity contribution in [1.29, 1.82) is 0 Å². The van der Waals surface area contributed by atoms with Gasteiger partial charge in [0.15, 0.2) is 0 Å². The first-order chi connectivity index (χ1) is 8.83. The molecule has 0 aromatic heterocycles. The minimum atomic E-state index is 0.233. The maximum atomic E-state index is 9.93. The van der Waals surface area contributed by atoms with E-state index in [2.05, 4.69) is 4.99 Å². The molecular formula is C15H16N2O. The van der Waals surface area contributed by atoms with Gasteiger partial charge in [-0.1, -0.05) is 42.5 Å². The Bertz CT molecular complexity index is 535. The highest BCUT2D eigenvalue weighted by Gasteiger charge is 2.09. The Kier molecular flexibility index (Phi) is 4.10. The van der Waals surface area contributed by atoms with Gasteiger partial charge < -0.3 is 10.8 Å². The van der Waals surface area contributed by atoms with Crippen molar-refractivity contribution >= 4 is 5.71 Å². The van der Waals surface area contributed by atoms with E-state index in [1.165, 1.54) is 0 Å². The Hall–Kier alpha value is -2.13. The Morgan fingerprint density at radius 3 is 2.33 bits per heavy atom. The van der Waals surface area contributed by atoms with E-state index in [0.29, 0.717) is 13.1 Å². The smallest absolute Gasteiger partial charge is 0.124 e. The van der Waals surface area contributed by atoms with Crippen LogP contribution in [0.15, 0.2) is 59.6 Å². The zero-order valence-electron chi connectivity index (χ0n) is 10.1. The first kappa shape index (κ1) is 12.3. The number of hydrogen-bond donors (Lipinski definition) is 2. The van der Waals surface area contributed by atoms with E-state index in [4.69, 9.17) is 5.73 Å². The van der Waals surface area contributed by atoms with Crippen molar-refractivity contribution in [3.8, 4) is 5.75 Å². The largest absolute Gasteiger partial charge is 0.507 e. The third-order valence-corrected chi connectivity index (χ3v) is 2.61. The minimum absolute atomic E-state index is 0.233. The Morgan fingerprint density at radius 2 is 1.67 bits per heavy atom. The molecule has 3 nitrogen and oxygen atoms in total. The molecule has 0 unspecified atom stereocenters. The highest BCUT2D eigenvalue weighted by atomic mass is 16.3. The van der Waals surface area contributed by atoms with Crippen LogP contribution in [0.2, 0.25) is 0 Å². The van der Waals surface area contributed by atoms with E-state index < -0.39 is 0 Å². The molecule has 0 fully saturated rings. The van der Waals surface area contributed by atoms with Crippen molar-refractivity contribution in [3.63, 3.8) is 0 Å². The van der Waals surface area contributed by atoms with Gasteiger partial charge in [-0.25, -0.2) is 0 Å². The van der Waals surface area contributed by atoms with Gasteiger partial charge in [0.25, 0.3) is 0 Å². The molecule has 0 radical (unpaired) electrons. The van der Waals surface area contributed by atoms with E-state index in [1.54, 1.807) is 12.1 Å². The fraction of sp³-hybridized carbons (Fsp3) is 0.133. The number of hydrogen-bond acceptors (Lipinski definition) is 3. The third-order valence-electron chi connectivity index (χ3n) is 2.61. The van der Waals surface area contributed by atoms with Gasteiger partial charge in [0.05, 0.1) is 12.3 Å². The van der Waals surface area contributed by atoms with Crippen LogP contribution < -0.4 is 5.73 Å². The molecule has 3 N–H and O–H groups in total. The summed E-state index contributed by atoms with van der Waals surface area (Å²) in [4.78, 5) is 4.48. The van der Waals surface area contributed by atoms with Crippen LogP contribution in [-0.2, 0) is 0 Å². The molecule has 2 rings (SSSR count). The average molecular weight is 240 g/mol. The van der Waals surface area contributed by atoms with Gasteiger partial charge in [0.2, 0.25) is 0 Å². The summed E-state index contributed by atoms with van der Waals surface area (Å²) in [6.07, 6.45) is 0. The third kappa shape index (κ3) is 2.76. The van der Waals surface area contributed by atoms with Crippen molar-refractivity contribution in [1.82, 2.24) is 0 Å². The fourth-order valence-corrected chi connectivity index (χ4v) is 1.78. The van der Waals surface area contributed by atoms with E-state index in [0.717, 1.165) is 16.8 Å². The van der Waals surface area contributed by atoms with E-state index >= 15 is 0 Å². The highest BCUT2D eigenvalue weighted by Crippen LogP contribution is 2.20. The molecule has 0 heterocycles. The number of para-hydroxylation sites is 1.